The third kappa shape index (κ3) is 3.05. The average Bonchev–Trinajstić information content (AvgIpc) is 2.34. The largest absolute Gasteiger partial charge is 0.304 e. The van der Waals surface area contributed by atoms with Gasteiger partial charge in [-0.1, -0.05) is 0 Å². The summed E-state index contributed by atoms with van der Waals surface area (Å²) in [4.78, 5) is 12.2. The number of nitro benzene ring substituents is 1. The molecule has 98 valence electrons. The highest BCUT2D eigenvalue weighted by molar-refractivity contribution is 7.93. The van der Waals surface area contributed by atoms with Gasteiger partial charge in [0.1, 0.15) is 0 Å². The topological polar surface area (TPSA) is 75.8 Å². The van der Waals surface area contributed by atoms with Crippen molar-refractivity contribution in [2.75, 3.05) is 31.6 Å². The number of hydrogen-bond donors (Lipinski definition) is 0. The van der Waals surface area contributed by atoms with E-state index in [1.807, 2.05) is 7.05 Å². The summed E-state index contributed by atoms with van der Waals surface area (Å²) in [6.07, 6.45) is 0. The van der Waals surface area contributed by atoms with E-state index in [1.54, 1.807) is 12.1 Å². The first-order valence-electron chi connectivity index (χ1n) is 5.64. The van der Waals surface area contributed by atoms with Gasteiger partial charge < -0.3 is 4.90 Å². The molecular formula is C11H15N3O3S. The van der Waals surface area contributed by atoms with Gasteiger partial charge in [0.15, 0.2) is 0 Å². The van der Waals surface area contributed by atoms with Crippen molar-refractivity contribution in [2.45, 2.75) is 0 Å². The van der Waals surface area contributed by atoms with Gasteiger partial charge in [0.25, 0.3) is 5.69 Å². The molecule has 1 fully saturated rings. The highest BCUT2D eigenvalue weighted by atomic mass is 32.2. The maximum Gasteiger partial charge on any atom is 0.269 e. The van der Waals surface area contributed by atoms with E-state index in [4.69, 9.17) is 0 Å². The van der Waals surface area contributed by atoms with Gasteiger partial charge in [-0.3, -0.25) is 10.1 Å². The molecule has 1 heterocycles. The van der Waals surface area contributed by atoms with Crippen LogP contribution in [0.4, 0.5) is 11.4 Å². The Bertz CT molecular complexity index is 547. The van der Waals surface area contributed by atoms with Crippen molar-refractivity contribution in [3.8, 4) is 0 Å². The number of hydrogen-bond acceptors (Lipinski definition) is 5. The number of rotatable bonds is 2. The number of non-ortho nitro benzene ring substituents is 1. The van der Waals surface area contributed by atoms with Crippen molar-refractivity contribution in [3.05, 3.63) is 34.4 Å². The van der Waals surface area contributed by atoms with E-state index < -0.39 is 14.7 Å². The molecule has 0 spiro atoms. The Morgan fingerprint density at radius 3 is 2.33 bits per heavy atom. The van der Waals surface area contributed by atoms with Gasteiger partial charge in [0, 0.05) is 36.7 Å². The van der Waals surface area contributed by atoms with E-state index in [0.29, 0.717) is 17.2 Å². The molecule has 0 aromatic heterocycles. The van der Waals surface area contributed by atoms with Crippen molar-refractivity contribution in [3.63, 3.8) is 0 Å². The molecule has 1 aromatic carbocycles. The predicted molar refractivity (Wildman–Crippen MR) is 70.6 cm³/mol. The zero-order chi connectivity index (χ0) is 13.2. The molecule has 1 saturated heterocycles. The fraction of sp³-hybridized carbons (Fsp3) is 0.455. The van der Waals surface area contributed by atoms with Gasteiger partial charge in [0.05, 0.1) is 20.3 Å². The number of nitro groups is 1. The van der Waals surface area contributed by atoms with E-state index in [-0.39, 0.29) is 5.69 Å². The van der Waals surface area contributed by atoms with Crippen LogP contribution in [0.5, 0.6) is 0 Å². The molecule has 1 aliphatic heterocycles. The van der Waals surface area contributed by atoms with Crippen LogP contribution in [-0.4, -0.2) is 45.7 Å². The monoisotopic (exact) mass is 269 g/mol. The van der Waals surface area contributed by atoms with E-state index in [9.17, 15) is 14.3 Å². The lowest BCUT2D eigenvalue weighted by atomic mass is 10.3. The van der Waals surface area contributed by atoms with E-state index in [0.717, 1.165) is 13.1 Å². The Morgan fingerprint density at radius 2 is 1.83 bits per heavy atom. The first-order valence-corrected chi connectivity index (χ1v) is 7.49. The second-order valence-electron chi connectivity index (χ2n) is 4.35. The molecule has 0 aliphatic carbocycles. The minimum Gasteiger partial charge on any atom is -0.304 e. The highest BCUT2D eigenvalue weighted by Crippen LogP contribution is 2.20. The summed E-state index contributed by atoms with van der Waals surface area (Å²) in [5, 5.41) is 10.5. The van der Waals surface area contributed by atoms with Crippen molar-refractivity contribution in [2.24, 2.45) is 4.36 Å². The first kappa shape index (κ1) is 13.0. The molecule has 0 radical (unpaired) electrons. The molecule has 1 aliphatic rings. The molecule has 0 bridgehead atoms. The number of benzene rings is 1. The lowest BCUT2D eigenvalue weighted by Gasteiger charge is -2.24. The van der Waals surface area contributed by atoms with Gasteiger partial charge in [0.2, 0.25) is 0 Å². The van der Waals surface area contributed by atoms with Crippen molar-refractivity contribution in [1.82, 2.24) is 4.90 Å². The van der Waals surface area contributed by atoms with Crippen molar-refractivity contribution in [1.29, 1.82) is 0 Å². The van der Waals surface area contributed by atoms with Crippen LogP contribution in [0, 0.1) is 10.1 Å². The smallest absolute Gasteiger partial charge is 0.269 e. The standard InChI is InChI=1S/C11H15N3O3S/c1-13-6-8-18(17,9-7-13)12-10-2-4-11(5-3-10)14(15)16/h2-5H,6-9H2,1H3. The summed E-state index contributed by atoms with van der Waals surface area (Å²) in [5.41, 5.74) is 0.572. The van der Waals surface area contributed by atoms with Gasteiger partial charge >= 0.3 is 0 Å². The Morgan fingerprint density at radius 1 is 1.28 bits per heavy atom. The minimum absolute atomic E-state index is 0.0206. The fourth-order valence-electron chi connectivity index (χ4n) is 1.73. The molecule has 1 aromatic rings. The molecule has 0 saturated carbocycles. The maximum atomic E-state index is 12.4. The molecule has 6 nitrogen and oxygen atoms in total. The Hall–Kier alpha value is -1.47. The van der Waals surface area contributed by atoms with Crippen LogP contribution in [0.15, 0.2) is 28.6 Å². The van der Waals surface area contributed by atoms with Crippen LogP contribution in [0.1, 0.15) is 0 Å². The van der Waals surface area contributed by atoms with E-state index >= 15 is 0 Å². The third-order valence-electron chi connectivity index (χ3n) is 2.92. The Balaban J connectivity index is 2.22. The maximum absolute atomic E-state index is 12.4. The van der Waals surface area contributed by atoms with Gasteiger partial charge in [-0.25, -0.2) is 4.21 Å². The summed E-state index contributed by atoms with van der Waals surface area (Å²) < 4.78 is 16.7. The normalized spacial score (nSPS) is 19.4. The molecule has 0 unspecified atom stereocenters. The van der Waals surface area contributed by atoms with Crippen LogP contribution >= 0.6 is 0 Å². The quantitative estimate of drug-likeness (QED) is 0.604. The van der Waals surface area contributed by atoms with Gasteiger partial charge in [-0.05, 0) is 19.2 Å². The molecule has 0 amide bonds. The van der Waals surface area contributed by atoms with Crippen LogP contribution in [0.2, 0.25) is 0 Å². The highest BCUT2D eigenvalue weighted by Gasteiger charge is 2.18. The molecule has 2 rings (SSSR count). The average molecular weight is 269 g/mol. The van der Waals surface area contributed by atoms with Crippen LogP contribution < -0.4 is 0 Å². The summed E-state index contributed by atoms with van der Waals surface area (Å²) in [7, 11) is -0.205. The lowest BCUT2D eigenvalue weighted by Crippen LogP contribution is -2.37. The summed E-state index contributed by atoms with van der Waals surface area (Å²) >= 11 is 0. The van der Waals surface area contributed by atoms with Crippen molar-refractivity contribution >= 4 is 21.1 Å². The first-order chi connectivity index (χ1) is 8.48. The van der Waals surface area contributed by atoms with E-state index in [2.05, 4.69) is 9.26 Å². The van der Waals surface area contributed by atoms with Crippen LogP contribution in [0.3, 0.4) is 0 Å². The van der Waals surface area contributed by atoms with Crippen LogP contribution in [0.25, 0.3) is 0 Å². The molecule has 0 N–H and O–H groups in total. The fourth-order valence-corrected chi connectivity index (χ4v) is 3.82. The van der Waals surface area contributed by atoms with Crippen molar-refractivity contribution < 1.29 is 9.13 Å². The molecule has 7 heteroatoms. The minimum atomic E-state index is -2.20. The molecule has 0 atom stereocenters. The third-order valence-corrected chi connectivity index (χ3v) is 5.10. The zero-order valence-electron chi connectivity index (χ0n) is 10.1. The number of nitrogens with zero attached hydrogens (tertiary/aromatic N) is 3. The molecule has 18 heavy (non-hydrogen) atoms. The summed E-state index contributed by atoms with van der Waals surface area (Å²) in [6, 6.07) is 5.86. The summed E-state index contributed by atoms with van der Waals surface area (Å²) in [5.74, 6) is 1.11. The second kappa shape index (κ2) is 5.03. The van der Waals surface area contributed by atoms with Crippen LogP contribution in [-0.2, 0) is 9.73 Å². The Kier molecular flexibility index (Phi) is 3.63. The summed E-state index contributed by atoms with van der Waals surface area (Å²) in [6.45, 7) is 1.55. The Labute approximate surface area is 106 Å². The molecular weight excluding hydrogens is 254 g/mol. The lowest BCUT2D eigenvalue weighted by molar-refractivity contribution is -0.384. The van der Waals surface area contributed by atoms with Gasteiger partial charge in [-0.2, -0.15) is 4.36 Å². The van der Waals surface area contributed by atoms with Gasteiger partial charge in [-0.15, -0.1) is 0 Å². The SMILES string of the molecule is CN1CCS(=O)(=Nc2ccc([N+](=O)[O-])cc2)CC1. The zero-order valence-corrected chi connectivity index (χ0v) is 10.9. The van der Waals surface area contributed by atoms with E-state index in [1.165, 1.54) is 12.1 Å². The predicted octanol–water partition coefficient (Wildman–Crippen LogP) is 1.64. The second-order valence-corrected chi connectivity index (χ2v) is 6.89.